The van der Waals surface area contributed by atoms with Crippen LogP contribution in [0.5, 0.6) is 0 Å². The van der Waals surface area contributed by atoms with Gasteiger partial charge < -0.3 is 0 Å². The second kappa shape index (κ2) is 5.26. The van der Waals surface area contributed by atoms with Crippen LogP contribution in [0.25, 0.3) is 0 Å². The molecule has 0 aliphatic heterocycles. The smallest absolute Gasteiger partial charge is 0.0130 e. The maximum Gasteiger partial charge on any atom is -0.0130 e. The second-order valence-corrected chi connectivity index (χ2v) is 1.13. The molecule has 0 rings (SSSR count). The molecule has 0 aromatic carbocycles. The average Bonchev–Trinajstić information content (AvgIpc) is 1.69. The molecule has 0 saturated carbocycles. The normalized spacial score (nSPS) is 8.71. The van der Waals surface area contributed by atoms with Crippen molar-refractivity contribution < 1.29 is 0 Å². The number of hydrogen-bond acceptors (Lipinski definition) is 0. The standard InChI is InChI=1S/C7H9/c1-3-5-7-6-4-2/h5-6H,1,4H2,2H3. The molecular formula is C7H9. The monoisotopic (exact) mass is 93.1 g/mol. The van der Waals surface area contributed by atoms with Crippen molar-refractivity contribution in [3.8, 4) is 0 Å². The number of allylic oxidation sites excluding steroid dienone is 3. The summed E-state index contributed by atoms with van der Waals surface area (Å²) in [7, 11) is 0. The zero-order valence-corrected chi connectivity index (χ0v) is 4.57. The fourth-order valence-electron chi connectivity index (χ4n) is 0.236. The Hall–Kier alpha value is -0.740. The number of hydrogen-bond donors (Lipinski definition) is 0. The van der Waals surface area contributed by atoms with Crippen LogP contribution in [0.2, 0.25) is 0 Å². The van der Waals surface area contributed by atoms with Gasteiger partial charge in [-0.3, -0.25) is 0 Å². The molecule has 0 N–H and O–H groups in total. The van der Waals surface area contributed by atoms with Crippen LogP contribution in [-0.4, -0.2) is 0 Å². The molecule has 7 heavy (non-hydrogen) atoms. The van der Waals surface area contributed by atoms with Crippen LogP contribution in [0.3, 0.4) is 0 Å². The Balaban J connectivity index is 3.27. The third-order valence-corrected chi connectivity index (χ3v) is 0.507. The lowest BCUT2D eigenvalue weighted by molar-refractivity contribution is 1.22. The van der Waals surface area contributed by atoms with Crippen molar-refractivity contribution in [1.82, 2.24) is 0 Å². The molecule has 0 heterocycles. The maximum atomic E-state index is 3.37. The third-order valence-electron chi connectivity index (χ3n) is 0.507. The van der Waals surface area contributed by atoms with Crippen LogP contribution in [0, 0.1) is 6.08 Å². The van der Waals surface area contributed by atoms with E-state index in [2.05, 4.69) is 25.3 Å². The molecule has 0 bridgehead atoms. The fourth-order valence-corrected chi connectivity index (χ4v) is 0.236. The van der Waals surface area contributed by atoms with Crippen molar-refractivity contribution in [3.63, 3.8) is 0 Å². The summed E-state index contributed by atoms with van der Waals surface area (Å²) in [4.78, 5) is 0. The van der Waals surface area contributed by atoms with Gasteiger partial charge in [0.25, 0.3) is 0 Å². The van der Waals surface area contributed by atoms with E-state index in [1.807, 2.05) is 6.08 Å². The van der Waals surface area contributed by atoms with Crippen LogP contribution in [0.4, 0.5) is 0 Å². The predicted octanol–water partition coefficient (Wildman–Crippen LogP) is 2.10. The molecule has 0 aliphatic carbocycles. The molecule has 0 saturated heterocycles. The van der Waals surface area contributed by atoms with Gasteiger partial charge in [-0.05, 0) is 18.6 Å². The van der Waals surface area contributed by atoms with E-state index >= 15 is 0 Å². The summed E-state index contributed by atoms with van der Waals surface area (Å²) in [5, 5.41) is 0. The van der Waals surface area contributed by atoms with Crippen molar-refractivity contribution in [2.24, 2.45) is 0 Å². The van der Waals surface area contributed by atoms with Gasteiger partial charge >= 0.3 is 0 Å². The minimum Gasteiger partial charge on any atom is -0.128 e. The lowest BCUT2D eigenvalue weighted by atomic mass is 10.4. The zero-order chi connectivity index (χ0) is 5.54. The Kier molecular flexibility index (Phi) is 4.70. The maximum absolute atomic E-state index is 3.37. The van der Waals surface area contributed by atoms with Crippen molar-refractivity contribution in [2.75, 3.05) is 0 Å². The Morgan fingerprint density at radius 1 is 1.71 bits per heavy atom. The van der Waals surface area contributed by atoms with Gasteiger partial charge in [-0.2, -0.15) is 0 Å². The molecule has 0 aliphatic rings. The highest BCUT2D eigenvalue weighted by atomic mass is 13.6. The topological polar surface area (TPSA) is 0 Å². The molecule has 0 aromatic heterocycles. The summed E-state index contributed by atoms with van der Waals surface area (Å²) < 4.78 is 0. The minimum absolute atomic E-state index is 1.03. The molecule has 0 atom stereocenters. The van der Waals surface area contributed by atoms with E-state index in [9.17, 15) is 0 Å². The number of rotatable bonds is 2. The first-order valence-corrected chi connectivity index (χ1v) is 2.33. The van der Waals surface area contributed by atoms with Gasteiger partial charge in [-0.15, -0.1) is 5.73 Å². The van der Waals surface area contributed by atoms with Crippen LogP contribution < -0.4 is 0 Å². The van der Waals surface area contributed by atoms with Gasteiger partial charge in [-0.1, -0.05) is 19.6 Å². The van der Waals surface area contributed by atoms with E-state index in [-0.39, 0.29) is 0 Å². The molecule has 0 nitrogen and oxygen atoms in total. The molecule has 1 radical (unpaired) electrons. The Morgan fingerprint density at radius 3 is 2.86 bits per heavy atom. The first-order valence-electron chi connectivity index (χ1n) is 2.33. The van der Waals surface area contributed by atoms with Crippen molar-refractivity contribution >= 4 is 0 Å². The molecule has 0 heteroatoms. The lowest BCUT2D eigenvalue weighted by Gasteiger charge is -1.66. The molecule has 0 amide bonds. The summed E-state index contributed by atoms with van der Waals surface area (Å²) >= 11 is 0. The first kappa shape index (κ1) is 6.26. The highest BCUT2D eigenvalue weighted by molar-refractivity contribution is 4.91. The predicted molar refractivity (Wildman–Crippen MR) is 31.8 cm³/mol. The van der Waals surface area contributed by atoms with Crippen LogP contribution in [0.15, 0.2) is 24.5 Å². The summed E-state index contributed by atoms with van der Waals surface area (Å²) in [6.45, 7) is 5.43. The van der Waals surface area contributed by atoms with Gasteiger partial charge in [0.2, 0.25) is 0 Å². The van der Waals surface area contributed by atoms with Gasteiger partial charge in [0.1, 0.15) is 0 Å². The fraction of sp³-hybridized carbons (Fsp3) is 0.286. The highest BCUT2D eigenvalue weighted by Crippen LogP contribution is 1.76. The van der Waals surface area contributed by atoms with E-state index < -0.39 is 0 Å². The average molecular weight is 93.1 g/mol. The van der Waals surface area contributed by atoms with Crippen LogP contribution in [-0.2, 0) is 0 Å². The summed E-state index contributed by atoms with van der Waals surface area (Å²) in [5.74, 6) is 0. The van der Waals surface area contributed by atoms with Gasteiger partial charge in [0, 0.05) is 0 Å². The van der Waals surface area contributed by atoms with E-state index in [0.29, 0.717) is 0 Å². The Bertz CT molecular complexity index is 92.6. The van der Waals surface area contributed by atoms with Crippen molar-refractivity contribution in [3.05, 3.63) is 30.5 Å². The van der Waals surface area contributed by atoms with Gasteiger partial charge in [0.15, 0.2) is 0 Å². The van der Waals surface area contributed by atoms with E-state index in [1.54, 1.807) is 6.08 Å². The van der Waals surface area contributed by atoms with E-state index in [0.717, 1.165) is 6.42 Å². The summed E-state index contributed by atoms with van der Waals surface area (Å²) in [5.41, 5.74) is 2.59. The molecule has 37 valence electrons. The first-order chi connectivity index (χ1) is 3.41. The lowest BCUT2D eigenvalue weighted by Crippen LogP contribution is -1.48. The molecular weight excluding hydrogens is 84.1 g/mol. The van der Waals surface area contributed by atoms with Crippen molar-refractivity contribution in [2.45, 2.75) is 13.3 Å². The molecule has 0 fully saturated rings. The SMILES string of the molecule is C=C=C/[C]=C/CC. The third kappa shape index (κ3) is 5.26. The minimum atomic E-state index is 1.03. The quantitative estimate of drug-likeness (QED) is 0.362. The summed E-state index contributed by atoms with van der Waals surface area (Å²) in [6.07, 6.45) is 7.49. The molecule has 0 aromatic rings. The van der Waals surface area contributed by atoms with E-state index in [1.165, 1.54) is 0 Å². The summed E-state index contributed by atoms with van der Waals surface area (Å²) in [6, 6.07) is 0. The molecule has 0 unspecified atom stereocenters. The van der Waals surface area contributed by atoms with Crippen molar-refractivity contribution in [1.29, 1.82) is 0 Å². The molecule has 0 spiro atoms. The van der Waals surface area contributed by atoms with E-state index in [4.69, 9.17) is 0 Å². The second-order valence-electron chi connectivity index (χ2n) is 1.13. The Labute approximate surface area is 44.9 Å². The van der Waals surface area contributed by atoms with Crippen LogP contribution >= 0.6 is 0 Å². The van der Waals surface area contributed by atoms with Crippen LogP contribution in [0.1, 0.15) is 13.3 Å². The highest BCUT2D eigenvalue weighted by Gasteiger charge is 1.58. The van der Waals surface area contributed by atoms with Gasteiger partial charge in [0.05, 0.1) is 0 Å². The Morgan fingerprint density at radius 2 is 2.43 bits per heavy atom. The zero-order valence-electron chi connectivity index (χ0n) is 4.57. The largest absolute Gasteiger partial charge is 0.128 e. The van der Waals surface area contributed by atoms with Gasteiger partial charge in [-0.25, -0.2) is 0 Å².